The van der Waals surface area contributed by atoms with E-state index in [1.807, 2.05) is 0 Å². The van der Waals surface area contributed by atoms with Crippen molar-refractivity contribution in [2.45, 2.75) is 25.3 Å². The maximum Gasteiger partial charge on any atom is 0.339 e. The number of aromatic nitrogens is 3. The number of methoxy groups -OCH3 is 1. The Kier molecular flexibility index (Phi) is 7.61. The first-order valence-corrected chi connectivity index (χ1v) is 11.8. The third kappa shape index (κ3) is 5.29. The van der Waals surface area contributed by atoms with E-state index >= 15 is 0 Å². The van der Waals surface area contributed by atoms with Crippen molar-refractivity contribution in [1.82, 2.24) is 24.6 Å². The molecular formula is C21H26N6O5S. The van der Waals surface area contributed by atoms with Gasteiger partial charge in [0.05, 0.1) is 35.3 Å². The van der Waals surface area contributed by atoms with Gasteiger partial charge in [-0.3, -0.25) is 0 Å². The quantitative estimate of drug-likeness (QED) is 0.453. The molecule has 33 heavy (non-hydrogen) atoms. The summed E-state index contributed by atoms with van der Waals surface area (Å²) in [7, 11) is -2.33. The van der Waals surface area contributed by atoms with E-state index < -0.39 is 22.0 Å². The minimum absolute atomic E-state index is 0.160. The number of benzene rings is 2. The van der Waals surface area contributed by atoms with Crippen LogP contribution >= 0.6 is 0 Å². The highest BCUT2D eigenvalue weighted by molar-refractivity contribution is 7.89. The van der Waals surface area contributed by atoms with Crippen LogP contribution in [-0.4, -0.2) is 66.5 Å². The summed E-state index contributed by atoms with van der Waals surface area (Å²) < 4.78 is 33.1. The summed E-state index contributed by atoms with van der Waals surface area (Å²) in [5, 5.41) is 13.4. The van der Waals surface area contributed by atoms with Gasteiger partial charge in [-0.1, -0.05) is 31.2 Å². The van der Waals surface area contributed by atoms with Crippen molar-refractivity contribution in [3.63, 3.8) is 0 Å². The van der Waals surface area contributed by atoms with Gasteiger partial charge in [0.2, 0.25) is 10.0 Å². The van der Waals surface area contributed by atoms with E-state index in [9.17, 15) is 18.0 Å². The molecule has 2 aromatic carbocycles. The van der Waals surface area contributed by atoms with Gasteiger partial charge in [-0.05, 0) is 30.3 Å². The molecule has 1 heterocycles. The number of nitrogens with one attached hydrogen (secondary N) is 2. The summed E-state index contributed by atoms with van der Waals surface area (Å²) in [6.07, 6.45) is 0. The van der Waals surface area contributed by atoms with E-state index in [4.69, 9.17) is 4.74 Å². The van der Waals surface area contributed by atoms with Crippen molar-refractivity contribution in [2.24, 2.45) is 0 Å². The Morgan fingerprint density at radius 1 is 1.12 bits per heavy atom. The Hall–Kier alpha value is -3.51. The van der Waals surface area contributed by atoms with E-state index in [0.717, 1.165) is 0 Å². The molecule has 2 N–H and O–H groups in total. The van der Waals surface area contributed by atoms with Gasteiger partial charge in [0, 0.05) is 19.6 Å². The van der Waals surface area contributed by atoms with E-state index in [2.05, 4.69) is 20.9 Å². The van der Waals surface area contributed by atoms with E-state index in [1.165, 1.54) is 23.5 Å². The molecule has 0 radical (unpaired) electrons. The number of fused-ring (bicyclic) bond motifs is 1. The van der Waals surface area contributed by atoms with Gasteiger partial charge in [-0.15, -0.1) is 5.10 Å². The molecule has 176 valence electrons. The van der Waals surface area contributed by atoms with Gasteiger partial charge in [0.1, 0.15) is 5.52 Å². The number of ether oxygens (including phenoxy) is 1. The fourth-order valence-corrected chi connectivity index (χ4v) is 4.79. The standard InChI is InChI=1S/C21H26N6O5S/c1-4-26(5-2)33(30,31)15-10-11-19-18(14-15)24-25-27(19)13-12-22-21(29)23-17-9-7-6-8-16(17)20(28)32-3/h6-11,14H,4-5,12-13H2,1-3H3,(H2,22,23,29). The lowest BCUT2D eigenvalue weighted by Crippen LogP contribution is -2.32. The molecule has 2 amide bonds. The molecular weight excluding hydrogens is 448 g/mol. The highest BCUT2D eigenvalue weighted by Gasteiger charge is 2.22. The van der Waals surface area contributed by atoms with Crippen LogP contribution in [0.2, 0.25) is 0 Å². The molecule has 1 aromatic heterocycles. The fraction of sp³-hybridized carbons (Fsp3) is 0.333. The summed E-state index contributed by atoms with van der Waals surface area (Å²) in [6.45, 7) is 4.86. The van der Waals surface area contributed by atoms with Gasteiger partial charge < -0.3 is 15.4 Å². The Morgan fingerprint density at radius 2 is 1.85 bits per heavy atom. The summed E-state index contributed by atoms with van der Waals surface area (Å²) in [6, 6.07) is 10.7. The Labute approximate surface area is 191 Å². The highest BCUT2D eigenvalue weighted by Crippen LogP contribution is 2.20. The zero-order valence-corrected chi connectivity index (χ0v) is 19.4. The molecule has 0 fully saturated rings. The Bertz CT molecular complexity index is 1250. The summed E-state index contributed by atoms with van der Waals surface area (Å²) in [4.78, 5) is 24.2. The van der Waals surface area contributed by atoms with Gasteiger partial charge in [0.25, 0.3) is 0 Å². The third-order valence-corrected chi connectivity index (χ3v) is 7.06. The van der Waals surface area contributed by atoms with Crippen LogP contribution in [0.3, 0.4) is 0 Å². The normalized spacial score (nSPS) is 11.5. The number of hydrogen-bond donors (Lipinski definition) is 2. The van der Waals surface area contributed by atoms with Gasteiger partial charge >= 0.3 is 12.0 Å². The SMILES string of the molecule is CCN(CC)S(=O)(=O)c1ccc2c(c1)nnn2CCNC(=O)Nc1ccccc1C(=O)OC. The summed E-state index contributed by atoms with van der Waals surface area (Å²) in [5.41, 5.74) is 1.66. The smallest absolute Gasteiger partial charge is 0.339 e. The van der Waals surface area contributed by atoms with Crippen molar-refractivity contribution in [1.29, 1.82) is 0 Å². The van der Waals surface area contributed by atoms with Crippen LogP contribution in [0.4, 0.5) is 10.5 Å². The van der Waals surface area contributed by atoms with Crippen LogP contribution in [-0.2, 0) is 21.3 Å². The van der Waals surface area contributed by atoms with Crippen molar-refractivity contribution in [3.05, 3.63) is 48.0 Å². The molecule has 0 unspecified atom stereocenters. The first kappa shape index (κ1) is 24.1. The van der Waals surface area contributed by atoms with Crippen molar-refractivity contribution in [2.75, 3.05) is 32.1 Å². The Balaban J connectivity index is 1.65. The van der Waals surface area contributed by atoms with Gasteiger partial charge in [-0.2, -0.15) is 4.31 Å². The number of esters is 1. The lowest BCUT2D eigenvalue weighted by molar-refractivity contribution is 0.0602. The maximum atomic E-state index is 12.7. The van der Waals surface area contributed by atoms with Crippen LogP contribution in [0.25, 0.3) is 11.0 Å². The maximum absolute atomic E-state index is 12.7. The molecule has 12 heteroatoms. The minimum atomic E-state index is -3.59. The molecule has 3 aromatic rings. The molecule has 0 spiro atoms. The van der Waals surface area contributed by atoms with Crippen molar-refractivity contribution in [3.8, 4) is 0 Å². The number of sulfonamides is 1. The number of carbonyl (C=O) groups is 2. The average molecular weight is 475 g/mol. The first-order valence-electron chi connectivity index (χ1n) is 10.4. The summed E-state index contributed by atoms with van der Waals surface area (Å²) in [5.74, 6) is -0.553. The first-order chi connectivity index (χ1) is 15.8. The summed E-state index contributed by atoms with van der Waals surface area (Å²) >= 11 is 0. The molecule has 0 saturated heterocycles. The second-order valence-electron chi connectivity index (χ2n) is 6.97. The van der Waals surface area contributed by atoms with Crippen molar-refractivity contribution >= 4 is 38.7 Å². The Morgan fingerprint density at radius 3 is 2.55 bits per heavy atom. The van der Waals surface area contributed by atoms with Crippen LogP contribution < -0.4 is 10.6 Å². The minimum Gasteiger partial charge on any atom is -0.465 e. The molecule has 0 aliphatic heterocycles. The van der Waals surface area contributed by atoms with Crippen LogP contribution in [0.1, 0.15) is 24.2 Å². The number of urea groups is 1. The van der Waals surface area contributed by atoms with Gasteiger partial charge in [-0.25, -0.2) is 22.7 Å². The predicted octanol–water partition coefficient (Wildman–Crippen LogP) is 2.07. The molecule has 0 aliphatic carbocycles. The van der Waals surface area contributed by atoms with E-state index in [-0.39, 0.29) is 17.0 Å². The number of rotatable bonds is 9. The van der Waals surface area contributed by atoms with E-state index in [0.29, 0.717) is 36.4 Å². The lowest BCUT2D eigenvalue weighted by Gasteiger charge is -2.18. The second kappa shape index (κ2) is 10.4. The number of carbonyl (C=O) groups excluding carboxylic acids is 2. The van der Waals surface area contributed by atoms with Crippen LogP contribution in [0, 0.1) is 0 Å². The molecule has 0 aliphatic rings. The fourth-order valence-electron chi connectivity index (χ4n) is 3.31. The molecule has 0 bridgehead atoms. The average Bonchev–Trinajstić information content (AvgIpc) is 3.22. The number of amides is 2. The second-order valence-corrected chi connectivity index (χ2v) is 8.91. The zero-order valence-electron chi connectivity index (χ0n) is 18.6. The molecule has 0 saturated carbocycles. The molecule has 0 atom stereocenters. The van der Waals surface area contributed by atoms with Gasteiger partial charge in [0.15, 0.2) is 0 Å². The zero-order chi connectivity index (χ0) is 24.0. The molecule has 11 nitrogen and oxygen atoms in total. The topological polar surface area (TPSA) is 136 Å². The van der Waals surface area contributed by atoms with Crippen molar-refractivity contribution < 1.29 is 22.7 Å². The number of nitrogens with zero attached hydrogens (tertiary/aromatic N) is 4. The monoisotopic (exact) mass is 474 g/mol. The molecule has 3 rings (SSSR count). The number of para-hydroxylation sites is 1. The van der Waals surface area contributed by atoms with E-state index in [1.54, 1.807) is 48.9 Å². The van der Waals surface area contributed by atoms with Crippen LogP contribution in [0.15, 0.2) is 47.4 Å². The number of hydrogen-bond acceptors (Lipinski definition) is 7. The predicted molar refractivity (Wildman–Crippen MR) is 122 cm³/mol. The lowest BCUT2D eigenvalue weighted by atomic mass is 10.2. The highest BCUT2D eigenvalue weighted by atomic mass is 32.2. The van der Waals surface area contributed by atoms with Crippen LogP contribution in [0.5, 0.6) is 0 Å². The number of anilines is 1. The largest absolute Gasteiger partial charge is 0.465 e. The third-order valence-electron chi connectivity index (χ3n) is 5.02.